The highest BCUT2D eigenvalue weighted by Gasteiger charge is 2.42. The average molecular weight is 270 g/mol. The van der Waals surface area contributed by atoms with Crippen LogP contribution in [0.2, 0.25) is 0 Å². The summed E-state index contributed by atoms with van der Waals surface area (Å²) in [5.41, 5.74) is 0.967. The fraction of sp³-hybridized carbons (Fsp3) is 0.538. The third kappa shape index (κ3) is 3.50. The second-order valence-electron chi connectivity index (χ2n) is 4.54. The number of aliphatic hydroxyl groups excluding tert-OH is 4. The zero-order valence-corrected chi connectivity index (χ0v) is 10.3. The molecule has 0 radical (unpaired) electrons. The topological polar surface area (TPSA) is 99.4 Å². The van der Waals surface area contributed by atoms with Crippen LogP contribution < -0.4 is 0 Å². The molecule has 4 N–H and O–H groups in total. The minimum Gasteiger partial charge on any atom is -0.387 e. The number of hydrogen-bond donors (Lipinski definition) is 4. The van der Waals surface area contributed by atoms with Gasteiger partial charge in [0.15, 0.2) is 6.29 Å². The van der Waals surface area contributed by atoms with E-state index >= 15 is 0 Å². The van der Waals surface area contributed by atoms with Crippen LogP contribution >= 0.6 is 0 Å². The summed E-state index contributed by atoms with van der Waals surface area (Å²) in [6, 6.07) is 9.45. The first kappa shape index (κ1) is 14.4. The average Bonchev–Trinajstić information content (AvgIpc) is 2.43. The van der Waals surface area contributed by atoms with Crippen LogP contribution in [0.3, 0.4) is 0 Å². The van der Waals surface area contributed by atoms with Crippen LogP contribution in [0.4, 0.5) is 0 Å². The summed E-state index contributed by atoms with van der Waals surface area (Å²) in [4.78, 5) is 0. The first-order chi connectivity index (χ1) is 9.09. The van der Waals surface area contributed by atoms with Gasteiger partial charge in [0.05, 0.1) is 13.2 Å². The van der Waals surface area contributed by atoms with Crippen molar-refractivity contribution in [1.29, 1.82) is 0 Å². The van der Waals surface area contributed by atoms with Crippen LogP contribution in [0, 0.1) is 0 Å². The van der Waals surface area contributed by atoms with E-state index in [4.69, 9.17) is 9.47 Å². The van der Waals surface area contributed by atoms with Crippen molar-refractivity contribution in [3.63, 3.8) is 0 Å². The number of benzene rings is 1. The fourth-order valence-electron chi connectivity index (χ4n) is 1.94. The minimum absolute atomic E-state index is 0.0108. The Bertz CT molecular complexity index is 384. The molecule has 1 aliphatic heterocycles. The Morgan fingerprint density at radius 3 is 2.32 bits per heavy atom. The molecule has 1 heterocycles. The Balaban J connectivity index is 1.82. The lowest BCUT2D eigenvalue weighted by Crippen LogP contribution is -2.58. The number of aliphatic hydroxyl groups is 4. The summed E-state index contributed by atoms with van der Waals surface area (Å²) < 4.78 is 10.4. The number of rotatable bonds is 4. The SMILES string of the molecule is O[C@@H]1[C@@H](O)[C@H](O)O[C@H](COCc2ccccc2)[C@H]1O. The van der Waals surface area contributed by atoms with Gasteiger partial charge in [-0.1, -0.05) is 30.3 Å². The molecule has 19 heavy (non-hydrogen) atoms. The first-order valence-electron chi connectivity index (χ1n) is 6.09. The van der Waals surface area contributed by atoms with E-state index in [9.17, 15) is 20.4 Å². The van der Waals surface area contributed by atoms with Crippen molar-refractivity contribution in [3.05, 3.63) is 35.9 Å². The Morgan fingerprint density at radius 1 is 0.947 bits per heavy atom. The third-order valence-corrected chi connectivity index (χ3v) is 3.08. The lowest BCUT2D eigenvalue weighted by molar-refractivity contribution is -0.289. The van der Waals surface area contributed by atoms with Gasteiger partial charge in [-0.3, -0.25) is 0 Å². The standard InChI is InChI=1S/C13H18O6/c14-10-9(19-13(17)12(16)11(10)15)7-18-6-8-4-2-1-3-5-8/h1-5,9-17H,6-7H2/t9-,10-,11+,12-,13-/m1/s1. The molecule has 1 saturated heterocycles. The van der Waals surface area contributed by atoms with Crippen LogP contribution in [0.25, 0.3) is 0 Å². The largest absolute Gasteiger partial charge is 0.387 e. The first-order valence-corrected chi connectivity index (χ1v) is 6.09. The van der Waals surface area contributed by atoms with E-state index in [-0.39, 0.29) is 6.61 Å². The van der Waals surface area contributed by atoms with Gasteiger partial charge in [0.25, 0.3) is 0 Å². The quantitative estimate of drug-likeness (QED) is 0.560. The maximum Gasteiger partial charge on any atom is 0.184 e. The minimum atomic E-state index is -1.52. The molecule has 0 spiro atoms. The molecular weight excluding hydrogens is 252 g/mol. The molecule has 1 aromatic rings. The maximum absolute atomic E-state index is 9.70. The monoisotopic (exact) mass is 270 g/mol. The highest BCUT2D eigenvalue weighted by Crippen LogP contribution is 2.20. The van der Waals surface area contributed by atoms with Gasteiger partial charge in [-0.05, 0) is 5.56 Å². The van der Waals surface area contributed by atoms with Gasteiger partial charge < -0.3 is 29.9 Å². The number of hydrogen-bond acceptors (Lipinski definition) is 6. The smallest absolute Gasteiger partial charge is 0.184 e. The maximum atomic E-state index is 9.70. The van der Waals surface area contributed by atoms with Gasteiger partial charge in [-0.15, -0.1) is 0 Å². The zero-order valence-electron chi connectivity index (χ0n) is 10.3. The Labute approximate surface area is 110 Å². The molecule has 2 rings (SSSR count). The Kier molecular flexibility index (Phi) is 4.87. The van der Waals surface area contributed by atoms with Crippen molar-refractivity contribution in [2.45, 2.75) is 37.3 Å². The van der Waals surface area contributed by atoms with E-state index in [1.165, 1.54) is 0 Å². The molecule has 0 unspecified atom stereocenters. The van der Waals surface area contributed by atoms with E-state index in [2.05, 4.69) is 0 Å². The van der Waals surface area contributed by atoms with Crippen LogP contribution in [0.1, 0.15) is 5.56 Å². The van der Waals surface area contributed by atoms with E-state index in [0.29, 0.717) is 6.61 Å². The Morgan fingerprint density at radius 2 is 1.63 bits per heavy atom. The summed E-state index contributed by atoms with van der Waals surface area (Å²) in [5.74, 6) is 0. The molecule has 0 saturated carbocycles. The predicted octanol–water partition coefficient (Wildman–Crippen LogP) is -0.997. The lowest BCUT2D eigenvalue weighted by Gasteiger charge is -2.38. The van der Waals surface area contributed by atoms with Crippen molar-refractivity contribution in [3.8, 4) is 0 Å². The van der Waals surface area contributed by atoms with Crippen molar-refractivity contribution in [2.24, 2.45) is 0 Å². The zero-order chi connectivity index (χ0) is 13.8. The van der Waals surface area contributed by atoms with Gasteiger partial charge in [-0.2, -0.15) is 0 Å². The summed E-state index contributed by atoms with van der Waals surface area (Å²) in [6.07, 6.45) is -6.66. The van der Waals surface area contributed by atoms with Gasteiger partial charge in [0.2, 0.25) is 0 Å². The molecule has 1 aromatic carbocycles. The van der Waals surface area contributed by atoms with Gasteiger partial charge in [0.1, 0.15) is 24.4 Å². The molecule has 5 atom stereocenters. The van der Waals surface area contributed by atoms with Crippen molar-refractivity contribution >= 4 is 0 Å². The molecule has 1 fully saturated rings. The van der Waals surface area contributed by atoms with E-state index < -0.39 is 30.7 Å². The molecule has 0 aromatic heterocycles. The molecule has 6 nitrogen and oxygen atoms in total. The highest BCUT2D eigenvalue weighted by molar-refractivity contribution is 5.13. The van der Waals surface area contributed by atoms with Crippen LogP contribution in [0.5, 0.6) is 0 Å². The van der Waals surface area contributed by atoms with Gasteiger partial charge in [0, 0.05) is 0 Å². The van der Waals surface area contributed by atoms with E-state index in [1.807, 2.05) is 30.3 Å². The van der Waals surface area contributed by atoms with E-state index in [1.54, 1.807) is 0 Å². The molecule has 0 amide bonds. The summed E-state index contributed by atoms with van der Waals surface area (Å²) in [7, 11) is 0. The molecular formula is C13H18O6. The normalized spacial score (nSPS) is 35.3. The van der Waals surface area contributed by atoms with Crippen LogP contribution in [-0.2, 0) is 16.1 Å². The second kappa shape index (κ2) is 6.42. The van der Waals surface area contributed by atoms with Crippen molar-refractivity contribution in [2.75, 3.05) is 6.61 Å². The van der Waals surface area contributed by atoms with Gasteiger partial charge >= 0.3 is 0 Å². The Hall–Kier alpha value is -1.02. The van der Waals surface area contributed by atoms with Crippen molar-refractivity contribution in [1.82, 2.24) is 0 Å². The third-order valence-electron chi connectivity index (χ3n) is 3.08. The summed E-state index contributed by atoms with van der Waals surface area (Å²) in [5, 5.41) is 37.9. The fourth-order valence-corrected chi connectivity index (χ4v) is 1.94. The number of ether oxygens (including phenoxy) is 2. The highest BCUT2D eigenvalue weighted by atomic mass is 16.6. The lowest BCUT2D eigenvalue weighted by atomic mass is 9.99. The molecule has 1 aliphatic rings. The summed E-state index contributed by atoms with van der Waals surface area (Å²) in [6.45, 7) is 0.346. The van der Waals surface area contributed by atoms with Gasteiger partial charge in [-0.25, -0.2) is 0 Å². The van der Waals surface area contributed by atoms with Crippen LogP contribution in [-0.4, -0.2) is 57.7 Å². The van der Waals surface area contributed by atoms with E-state index in [0.717, 1.165) is 5.56 Å². The van der Waals surface area contributed by atoms with Crippen LogP contribution in [0.15, 0.2) is 30.3 Å². The molecule has 6 heteroatoms. The molecule has 0 aliphatic carbocycles. The molecule has 0 bridgehead atoms. The second-order valence-corrected chi connectivity index (χ2v) is 4.54. The predicted molar refractivity (Wildman–Crippen MR) is 65.0 cm³/mol. The summed E-state index contributed by atoms with van der Waals surface area (Å²) >= 11 is 0. The van der Waals surface area contributed by atoms with Crippen molar-refractivity contribution < 1.29 is 29.9 Å². The molecule has 106 valence electrons.